The zero-order valence-electron chi connectivity index (χ0n) is 17.2. The van der Waals surface area contributed by atoms with Crippen molar-refractivity contribution < 1.29 is 19.1 Å². The molecule has 158 valence electrons. The molecule has 4 rings (SSSR count). The number of carbonyl (C=O) groups excluding carboxylic acids is 3. The molecule has 1 atom stereocenters. The van der Waals surface area contributed by atoms with Crippen molar-refractivity contribution in [1.82, 2.24) is 20.4 Å². The summed E-state index contributed by atoms with van der Waals surface area (Å²) in [6.45, 7) is 3.56. The lowest BCUT2D eigenvalue weighted by molar-refractivity contribution is -0.123. The number of ether oxygens (including phenoxy) is 1. The molecule has 1 aliphatic heterocycles. The molecule has 0 radical (unpaired) electrons. The van der Waals surface area contributed by atoms with Gasteiger partial charge in [0.05, 0.1) is 7.11 Å². The second-order valence-electron chi connectivity index (χ2n) is 7.39. The van der Waals surface area contributed by atoms with Crippen LogP contribution in [0.2, 0.25) is 0 Å². The summed E-state index contributed by atoms with van der Waals surface area (Å²) in [7, 11) is 1.58. The van der Waals surface area contributed by atoms with Crippen molar-refractivity contribution in [3.63, 3.8) is 0 Å². The van der Waals surface area contributed by atoms with E-state index in [2.05, 4.69) is 21.0 Å². The fraction of sp³-hybridized carbons (Fsp3) is 0.182. The van der Waals surface area contributed by atoms with Crippen molar-refractivity contribution in [1.29, 1.82) is 0 Å². The van der Waals surface area contributed by atoms with Crippen LogP contribution in [0, 0.1) is 6.92 Å². The average molecular weight is 419 g/mol. The maximum Gasteiger partial charge on any atom is 0.322 e. The third kappa shape index (κ3) is 3.73. The Labute approximate surface area is 178 Å². The fourth-order valence-corrected chi connectivity index (χ4v) is 3.41. The lowest BCUT2D eigenvalue weighted by Gasteiger charge is -2.21. The lowest BCUT2D eigenvalue weighted by Crippen LogP contribution is -2.40. The van der Waals surface area contributed by atoms with Gasteiger partial charge in [0.15, 0.2) is 5.69 Å². The first-order valence-corrected chi connectivity index (χ1v) is 9.56. The largest absolute Gasteiger partial charge is 0.494 e. The number of anilines is 1. The first-order chi connectivity index (χ1) is 14.8. The van der Waals surface area contributed by atoms with Gasteiger partial charge in [-0.1, -0.05) is 18.2 Å². The first-order valence-electron chi connectivity index (χ1n) is 9.56. The zero-order valence-corrected chi connectivity index (χ0v) is 17.2. The van der Waals surface area contributed by atoms with Gasteiger partial charge in [-0.05, 0) is 55.3 Å². The number of imide groups is 1. The molecule has 0 spiro atoms. The summed E-state index contributed by atoms with van der Waals surface area (Å²) < 4.78 is 6.96. The molecule has 0 bridgehead atoms. The van der Waals surface area contributed by atoms with E-state index >= 15 is 0 Å². The molecule has 1 unspecified atom stereocenters. The normalized spacial score (nSPS) is 17.8. The molecule has 1 fully saturated rings. The molecular formula is C22H21N5O4. The zero-order chi connectivity index (χ0) is 22.2. The third-order valence-corrected chi connectivity index (χ3v) is 5.15. The number of carbonyl (C=O) groups is 3. The van der Waals surface area contributed by atoms with Crippen LogP contribution in [0.4, 0.5) is 10.5 Å². The lowest BCUT2D eigenvalue weighted by atomic mass is 9.92. The molecule has 2 aromatic carbocycles. The van der Waals surface area contributed by atoms with Gasteiger partial charge in [-0.25, -0.2) is 9.48 Å². The molecule has 9 heteroatoms. The number of nitrogens with zero attached hydrogens (tertiary/aromatic N) is 2. The predicted molar refractivity (Wildman–Crippen MR) is 113 cm³/mol. The second-order valence-corrected chi connectivity index (χ2v) is 7.39. The Kier molecular flexibility index (Phi) is 4.94. The minimum Gasteiger partial charge on any atom is -0.494 e. The van der Waals surface area contributed by atoms with E-state index in [1.807, 2.05) is 25.1 Å². The van der Waals surface area contributed by atoms with E-state index < -0.39 is 23.4 Å². The van der Waals surface area contributed by atoms with Gasteiger partial charge >= 0.3 is 6.03 Å². The van der Waals surface area contributed by atoms with Gasteiger partial charge in [-0.3, -0.25) is 14.9 Å². The van der Waals surface area contributed by atoms with E-state index in [9.17, 15) is 14.4 Å². The molecule has 31 heavy (non-hydrogen) atoms. The standard InChI is InChI=1S/C22H21N5O4/c1-13-7-8-18(31-3)17(11-13)27-10-9-16(26-27)19(28)23-15-6-4-5-14(12-15)22(2)20(29)24-21(30)25-22/h4-12H,1-3H3,(H,23,28)(H2,24,25,29,30). The highest BCUT2D eigenvalue weighted by Gasteiger charge is 2.43. The van der Waals surface area contributed by atoms with Crippen LogP contribution in [-0.4, -0.2) is 34.7 Å². The number of nitrogens with one attached hydrogen (secondary N) is 3. The molecule has 1 aromatic heterocycles. The van der Waals surface area contributed by atoms with E-state index in [0.29, 0.717) is 17.0 Å². The Morgan fingerprint density at radius 2 is 1.97 bits per heavy atom. The molecular weight excluding hydrogens is 398 g/mol. The molecule has 2 heterocycles. The van der Waals surface area contributed by atoms with Gasteiger partial charge in [0, 0.05) is 11.9 Å². The van der Waals surface area contributed by atoms with E-state index in [0.717, 1.165) is 11.3 Å². The number of rotatable bonds is 5. The van der Waals surface area contributed by atoms with Crippen molar-refractivity contribution in [3.05, 3.63) is 71.5 Å². The van der Waals surface area contributed by atoms with Gasteiger partial charge < -0.3 is 15.4 Å². The summed E-state index contributed by atoms with van der Waals surface area (Å²) in [6.07, 6.45) is 1.68. The predicted octanol–water partition coefficient (Wildman–Crippen LogP) is 2.50. The Balaban J connectivity index is 1.56. The Morgan fingerprint density at radius 1 is 1.16 bits per heavy atom. The second kappa shape index (κ2) is 7.60. The number of urea groups is 1. The van der Waals surface area contributed by atoms with Crippen LogP contribution < -0.4 is 20.7 Å². The molecule has 3 aromatic rings. The molecule has 1 saturated heterocycles. The number of aryl methyl sites for hydroxylation is 1. The summed E-state index contributed by atoms with van der Waals surface area (Å²) in [5.74, 6) is -0.224. The van der Waals surface area contributed by atoms with Gasteiger partial charge in [0.1, 0.15) is 17.0 Å². The van der Waals surface area contributed by atoms with Crippen molar-refractivity contribution in [2.24, 2.45) is 0 Å². The van der Waals surface area contributed by atoms with E-state index in [-0.39, 0.29) is 5.69 Å². The molecule has 9 nitrogen and oxygen atoms in total. The summed E-state index contributed by atoms with van der Waals surface area (Å²) in [5.41, 5.74) is 1.78. The van der Waals surface area contributed by atoms with Gasteiger partial charge in [-0.15, -0.1) is 0 Å². The number of amides is 4. The van der Waals surface area contributed by atoms with E-state index in [1.54, 1.807) is 55.2 Å². The average Bonchev–Trinajstić information content (AvgIpc) is 3.33. The number of aromatic nitrogens is 2. The van der Waals surface area contributed by atoms with Crippen molar-refractivity contribution in [3.8, 4) is 11.4 Å². The van der Waals surface area contributed by atoms with Crippen LogP contribution in [0.1, 0.15) is 28.5 Å². The number of hydrogen-bond donors (Lipinski definition) is 3. The summed E-state index contributed by atoms with van der Waals surface area (Å²) in [6, 6.07) is 13.5. The molecule has 3 N–H and O–H groups in total. The number of benzene rings is 2. The highest BCUT2D eigenvalue weighted by atomic mass is 16.5. The first kappa shape index (κ1) is 20.1. The highest BCUT2D eigenvalue weighted by Crippen LogP contribution is 2.27. The third-order valence-electron chi connectivity index (χ3n) is 5.15. The minimum atomic E-state index is -1.21. The number of hydrogen-bond acceptors (Lipinski definition) is 5. The maximum absolute atomic E-state index is 12.7. The van der Waals surface area contributed by atoms with Crippen molar-refractivity contribution in [2.75, 3.05) is 12.4 Å². The van der Waals surface area contributed by atoms with E-state index in [1.165, 1.54) is 0 Å². The van der Waals surface area contributed by atoms with Crippen molar-refractivity contribution in [2.45, 2.75) is 19.4 Å². The molecule has 0 saturated carbocycles. The Morgan fingerprint density at radius 3 is 2.68 bits per heavy atom. The number of methoxy groups -OCH3 is 1. The van der Waals surface area contributed by atoms with Crippen molar-refractivity contribution >= 4 is 23.5 Å². The minimum absolute atomic E-state index is 0.215. The monoisotopic (exact) mass is 419 g/mol. The Hall–Kier alpha value is -4.14. The fourth-order valence-electron chi connectivity index (χ4n) is 3.41. The maximum atomic E-state index is 12.7. The van der Waals surface area contributed by atoms with E-state index in [4.69, 9.17) is 4.74 Å². The van der Waals surface area contributed by atoms with Gasteiger partial charge in [0.25, 0.3) is 11.8 Å². The highest BCUT2D eigenvalue weighted by molar-refractivity contribution is 6.07. The summed E-state index contributed by atoms with van der Waals surface area (Å²) in [5, 5.41) is 12.0. The molecule has 0 aliphatic carbocycles. The Bertz CT molecular complexity index is 1200. The topological polar surface area (TPSA) is 114 Å². The summed E-state index contributed by atoms with van der Waals surface area (Å²) >= 11 is 0. The van der Waals surface area contributed by atoms with Crippen LogP contribution in [-0.2, 0) is 10.3 Å². The quantitative estimate of drug-likeness (QED) is 0.550. The van der Waals surface area contributed by atoms with Gasteiger partial charge in [-0.2, -0.15) is 5.10 Å². The van der Waals surface area contributed by atoms with Crippen LogP contribution in [0.3, 0.4) is 0 Å². The van der Waals surface area contributed by atoms with Crippen LogP contribution in [0.25, 0.3) is 5.69 Å². The summed E-state index contributed by atoms with van der Waals surface area (Å²) in [4.78, 5) is 36.5. The van der Waals surface area contributed by atoms with Crippen LogP contribution in [0.15, 0.2) is 54.7 Å². The smallest absolute Gasteiger partial charge is 0.322 e. The van der Waals surface area contributed by atoms with Crippen LogP contribution in [0.5, 0.6) is 5.75 Å². The van der Waals surface area contributed by atoms with Crippen LogP contribution >= 0.6 is 0 Å². The molecule has 4 amide bonds. The SMILES string of the molecule is COc1ccc(C)cc1-n1ccc(C(=O)Nc2cccc(C3(C)NC(=O)NC3=O)c2)n1. The van der Waals surface area contributed by atoms with Gasteiger partial charge in [0.2, 0.25) is 0 Å². The molecule has 1 aliphatic rings.